The van der Waals surface area contributed by atoms with Crippen molar-refractivity contribution < 1.29 is 42.9 Å². The summed E-state index contributed by atoms with van der Waals surface area (Å²) in [5.74, 6) is 0. The van der Waals surface area contributed by atoms with E-state index in [1.165, 1.54) is 0 Å². The summed E-state index contributed by atoms with van der Waals surface area (Å²) in [5.41, 5.74) is 1.07. The molecule has 0 amide bonds. The number of hydrogen-bond donors (Lipinski definition) is 2. The van der Waals surface area contributed by atoms with Gasteiger partial charge in [0.15, 0.2) is 0 Å². The summed E-state index contributed by atoms with van der Waals surface area (Å²) in [6, 6.07) is 9.87. The Hall–Kier alpha value is 0.160. The zero-order valence-electron chi connectivity index (χ0n) is 6.80. The predicted molar refractivity (Wildman–Crippen MR) is 44.3 cm³/mol. The van der Waals surface area contributed by atoms with Gasteiger partial charge in [0.05, 0.1) is 0 Å². The fourth-order valence-corrected chi connectivity index (χ4v) is 0.478. The maximum absolute atomic E-state index is 8.67. The first-order chi connectivity index (χ1) is 5.13. The second kappa shape index (κ2) is 9.25. The van der Waals surface area contributed by atoms with E-state index in [0.29, 0.717) is 0 Å². The van der Waals surface area contributed by atoms with Gasteiger partial charge in [0, 0.05) is 0 Å². The number of rotatable bonds is 0. The monoisotopic (exact) mass is 196 g/mol. The van der Waals surface area contributed by atoms with Crippen LogP contribution in [0, 0.1) is 6.92 Å². The molecule has 62 valence electrons. The number of hydrogen-bond acceptors (Lipinski definition) is 1. The molecule has 0 aliphatic rings. The van der Waals surface area contributed by atoms with Crippen molar-refractivity contribution in [3.63, 3.8) is 0 Å². The first kappa shape index (κ1) is 14.7. The van der Waals surface area contributed by atoms with Gasteiger partial charge in [-0.05, 0) is 0 Å². The van der Waals surface area contributed by atoms with Crippen LogP contribution >= 0.6 is 0 Å². The molecule has 5 heteroatoms. The molecule has 0 heterocycles. The molecule has 1 rings (SSSR count). The molecular weight excluding hydrogens is 187 g/mol. The van der Waals surface area contributed by atoms with E-state index in [2.05, 4.69) is 6.92 Å². The molecule has 0 radical (unpaired) electrons. The van der Waals surface area contributed by atoms with Crippen LogP contribution in [0.3, 0.4) is 0 Å². The van der Waals surface area contributed by atoms with Crippen molar-refractivity contribution in [2.45, 2.75) is 0 Å². The normalized spacial score (nSPS) is 7.92. The van der Waals surface area contributed by atoms with E-state index in [1.54, 1.807) is 0 Å². The smallest absolute Gasteiger partial charge is 0.284 e. The van der Waals surface area contributed by atoms with Crippen LogP contribution in [0.25, 0.3) is 0 Å². The minimum atomic E-state index is -2.61. The van der Waals surface area contributed by atoms with E-state index < -0.39 is 11.4 Å². The zero-order valence-corrected chi connectivity index (χ0v) is 9.62. The molecule has 0 atom stereocenters. The quantitative estimate of drug-likeness (QED) is 0.303. The third-order valence-electron chi connectivity index (χ3n) is 0.843. The van der Waals surface area contributed by atoms with Gasteiger partial charge < -0.3 is 0 Å². The molecule has 3 nitrogen and oxygen atoms in total. The Morgan fingerprint density at radius 1 is 1.17 bits per heavy atom. The minimum absolute atomic E-state index is 0. The summed E-state index contributed by atoms with van der Waals surface area (Å²) in [4.78, 5) is 0. The van der Waals surface area contributed by atoms with Gasteiger partial charge in [0.25, 0.3) is 11.4 Å². The maximum Gasteiger partial charge on any atom is 1.00 e. The van der Waals surface area contributed by atoms with Crippen molar-refractivity contribution >= 4 is 11.4 Å². The summed E-state index contributed by atoms with van der Waals surface area (Å²) >= 11 is -2.61. The van der Waals surface area contributed by atoms with Crippen molar-refractivity contribution in [1.29, 1.82) is 0 Å². The van der Waals surface area contributed by atoms with Gasteiger partial charge >= 0.3 is 29.6 Å². The van der Waals surface area contributed by atoms with Crippen LogP contribution in [0.4, 0.5) is 0 Å². The second-order valence-electron chi connectivity index (χ2n) is 1.72. The van der Waals surface area contributed by atoms with Crippen LogP contribution < -0.4 is 29.6 Å². The van der Waals surface area contributed by atoms with E-state index in [4.69, 9.17) is 13.3 Å². The van der Waals surface area contributed by atoms with Gasteiger partial charge in [-0.3, -0.25) is 9.11 Å². The summed E-state index contributed by atoms with van der Waals surface area (Å²) in [5, 5.41) is 0. The standard InChI is InChI=1S/C7H7.Na.H2O3S/c1-7-5-3-2-4-6-7;;1-4(2)3/h2-6H,1H2;;(H2,1,2,3)/q-1;+1;. The number of benzene rings is 1. The van der Waals surface area contributed by atoms with E-state index >= 15 is 0 Å². The molecule has 0 aliphatic carbocycles. The van der Waals surface area contributed by atoms with Crippen LogP contribution in [-0.4, -0.2) is 13.3 Å². The molecule has 0 aliphatic heterocycles. The Labute approximate surface area is 96.6 Å². The van der Waals surface area contributed by atoms with Crippen LogP contribution in [-0.2, 0) is 11.4 Å². The van der Waals surface area contributed by atoms with Gasteiger partial charge in [0.2, 0.25) is 0 Å². The Morgan fingerprint density at radius 3 is 1.67 bits per heavy atom. The molecule has 12 heavy (non-hydrogen) atoms. The third-order valence-corrected chi connectivity index (χ3v) is 0.843. The summed E-state index contributed by atoms with van der Waals surface area (Å²) in [6.45, 7) is 3.72. The molecule has 0 spiro atoms. The van der Waals surface area contributed by atoms with Crippen LogP contribution in [0.5, 0.6) is 0 Å². The zero-order chi connectivity index (χ0) is 8.69. The van der Waals surface area contributed by atoms with Gasteiger partial charge in [0.1, 0.15) is 0 Å². The van der Waals surface area contributed by atoms with Gasteiger partial charge in [-0.2, -0.15) is 28.8 Å². The van der Waals surface area contributed by atoms with Crippen molar-refractivity contribution in [2.75, 3.05) is 0 Å². The molecule has 0 saturated carbocycles. The van der Waals surface area contributed by atoms with E-state index in [1.807, 2.05) is 30.3 Å². The third kappa shape index (κ3) is 12.8. The van der Waals surface area contributed by atoms with Crippen molar-refractivity contribution in [1.82, 2.24) is 0 Å². The molecule has 1 aromatic rings. The molecule has 0 unspecified atom stereocenters. The predicted octanol–water partition coefficient (Wildman–Crippen LogP) is -1.45. The van der Waals surface area contributed by atoms with Crippen molar-refractivity contribution in [2.24, 2.45) is 0 Å². The van der Waals surface area contributed by atoms with E-state index in [0.717, 1.165) is 5.56 Å². The maximum atomic E-state index is 8.67. The van der Waals surface area contributed by atoms with Crippen LogP contribution in [0.2, 0.25) is 0 Å². The van der Waals surface area contributed by atoms with Crippen LogP contribution in [0.15, 0.2) is 30.3 Å². The molecule has 2 N–H and O–H groups in total. The van der Waals surface area contributed by atoms with Crippen LogP contribution in [0.1, 0.15) is 5.56 Å². The summed E-state index contributed by atoms with van der Waals surface area (Å²) in [7, 11) is 0. The van der Waals surface area contributed by atoms with Gasteiger partial charge in [-0.1, -0.05) is 6.07 Å². The van der Waals surface area contributed by atoms with E-state index in [-0.39, 0.29) is 29.6 Å². The largest absolute Gasteiger partial charge is 1.00 e. The SMILES string of the molecule is O=S(O)O.[CH2-]c1ccccc1.[Na+]. The summed E-state index contributed by atoms with van der Waals surface area (Å²) in [6.07, 6.45) is 0. The second-order valence-corrected chi connectivity index (χ2v) is 2.18. The van der Waals surface area contributed by atoms with E-state index in [9.17, 15) is 0 Å². The molecule has 0 aromatic heterocycles. The Balaban J connectivity index is 0. The Morgan fingerprint density at radius 2 is 1.50 bits per heavy atom. The fourth-order valence-electron chi connectivity index (χ4n) is 0.478. The Bertz CT molecular complexity index is 211. The molecular formula is C7H9NaO3S. The van der Waals surface area contributed by atoms with Crippen molar-refractivity contribution in [3.05, 3.63) is 42.8 Å². The molecule has 0 bridgehead atoms. The topological polar surface area (TPSA) is 57.5 Å². The molecule has 1 aromatic carbocycles. The van der Waals surface area contributed by atoms with Gasteiger partial charge in [-0.25, -0.2) is 0 Å². The van der Waals surface area contributed by atoms with Crippen molar-refractivity contribution in [3.8, 4) is 0 Å². The Kier molecular flexibility index (Phi) is 11.3. The fraction of sp³-hybridized carbons (Fsp3) is 0. The minimum Gasteiger partial charge on any atom is -0.284 e. The summed E-state index contributed by atoms with van der Waals surface area (Å²) < 4.78 is 22.8. The molecule has 0 fully saturated rings. The average molecular weight is 196 g/mol. The first-order valence-corrected chi connectivity index (χ1v) is 3.86. The first-order valence-electron chi connectivity index (χ1n) is 2.80. The van der Waals surface area contributed by atoms with Gasteiger partial charge in [-0.15, -0.1) is 12.1 Å². The molecule has 0 saturated heterocycles. The average Bonchev–Trinajstić information content (AvgIpc) is 1.87.